The van der Waals surface area contributed by atoms with E-state index in [2.05, 4.69) is 39.4 Å². The van der Waals surface area contributed by atoms with Crippen molar-refractivity contribution in [2.75, 3.05) is 10.6 Å². The molecule has 134 valence electrons. The van der Waals surface area contributed by atoms with E-state index in [1.54, 1.807) is 12.4 Å². The van der Waals surface area contributed by atoms with Crippen LogP contribution in [0.3, 0.4) is 0 Å². The van der Waals surface area contributed by atoms with Crippen LogP contribution >= 0.6 is 11.6 Å². The van der Waals surface area contributed by atoms with Gasteiger partial charge in [-0.25, -0.2) is 4.98 Å². The Labute approximate surface area is 158 Å². The summed E-state index contributed by atoms with van der Waals surface area (Å²) in [5.74, 6) is 1.37. The molecule has 2 heterocycles. The van der Waals surface area contributed by atoms with Crippen molar-refractivity contribution in [2.45, 2.75) is 32.9 Å². The third-order valence-corrected chi connectivity index (χ3v) is 4.31. The summed E-state index contributed by atoms with van der Waals surface area (Å²) < 4.78 is 0. The molecule has 0 bridgehead atoms. The molecule has 5 nitrogen and oxygen atoms in total. The Morgan fingerprint density at radius 3 is 2.62 bits per heavy atom. The van der Waals surface area contributed by atoms with Gasteiger partial charge in [0.05, 0.1) is 5.69 Å². The fourth-order valence-electron chi connectivity index (χ4n) is 2.38. The number of aromatic nitrogens is 3. The lowest BCUT2D eigenvalue weighted by Crippen LogP contribution is -2.16. The van der Waals surface area contributed by atoms with Crippen molar-refractivity contribution in [2.24, 2.45) is 0 Å². The Bertz CT molecular complexity index is 837. The highest BCUT2D eigenvalue weighted by atomic mass is 35.5. The number of nitrogens with zero attached hydrogens (tertiary/aromatic N) is 3. The molecule has 3 aromatic rings. The number of hydrogen-bond acceptors (Lipinski definition) is 5. The quantitative estimate of drug-likeness (QED) is 0.614. The third kappa shape index (κ3) is 4.92. The molecule has 0 saturated heterocycles. The summed E-state index contributed by atoms with van der Waals surface area (Å²) in [7, 11) is 0. The summed E-state index contributed by atoms with van der Waals surface area (Å²) in [6, 6.07) is 13.9. The first kappa shape index (κ1) is 18.1. The van der Waals surface area contributed by atoms with Gasteiger partial charge in [0.15, 0.2) is 0 Å². The Morgan fingerprint density at radius 2 is 1.92 bits per heavy atom. The van der Waals surface area contributed by atoms with E-state index in [-0.39, 0.29) is 0 Å². The van der Waals surface area contributed by atoms with E-state index < -0.39 is 0 Å². The smallest absolute Gasteiger partial charge is 0.225 e. The first-order chi connectivity index (χ1) is 12.6. The summed E-state index contributed by atoms with van der Waals surface area (Å²) in [6.45, 7) is 4.90. The minimum Gasteiger partial charge on any atom is -0.366 e. The number of halogens is 1. The molecule has 6 heteroatoms. The van der Waals surface area contributed by atoms with Crippen molar-refractivity contribution >= 4 is 23.4 Å². The zero-order chi connectivity index (χ0) is 18.4. The average Bonchev–Trinajstić information content (AvgIpc) is 2.68. The van der Waals surface area contributed by atoms with E-state index in [1.807, 2.05) is 42.5 Å². The number of pyridine rings is 1. The fraction of sp³-hybridized carbons (Fsp3) is 0.250. The maximum Gasteiger partial charge on any atom is 0.225 e. The summed E-state index contributed by atoms with van der Waals surface area (Å²) in [6.07, 6.45) is 4.55. The molecule has 3 rings (SSSR count). The summed E-state index contributed by atoms with van der Waals surface area (Å²) in [5.41, 5.74) is 2.92. The lowest BCUT2D eigenvalue weighted by molar-refractivity contribution is 0.753. The van der Waals surface area contributed by atoms with Gasteiger partial charge in [-0.15, -0.1) is 0 Å². The summed E-state index contributed by atoms with van der Waals surface area (Å²) >= 11 is 5.95. The molecule has 0 aliphatic heterocycles. The number of anilines is 2. The van der Waals surface area contributed by atoms with E-state index in [4.69, 9.17) is 11.6 Å². The predicted octanol–water partition coefficient (Wildman–Crippen LogP) is 5.01. The van der Waals surface area contributed by atoms with Gasteiger partial charge in [-0.05, 0) is 43.2 Å². The molecule has 2 N–H and O–H groups in total. The number of rotatable bonds is 7. The zero-order valence-electron chi connectivity index (χ0n) is 14.9. The van der Waals surface area contributed by atoms with E-state index in [9.17, 15) is 0 Å². The van der Waals surface area contributed by atoms with Gasteiger partial charge in [-0.3, -0.25) is 4.98 Å². The van der Waals surface area contributed by atoms with Gasteiger partial charge in [0.25, 0.3) is 0 Å². The largest absolute Gasteiger partial charge is 0.366 e. The van der Waals surface area contributed by atoms with Crippen LogP contribution in [0.1, 0.15) is 25.8 Å². The Hall–Kier alpha value is -2.66. The van der Waals surface area contributed by atoms with Crippen LogP contribution < -0.4 is 10.6 Å². The predicted molar refractivity (Wildman–Crippen MR) is 107 cm³/mol. The second kappa shape index (κ2) is 8.63. The van der Waals surface area contributed by atoms with Crippen molar-refractivity contribution in [3.63, 3.8) is 0 Å². The third-order valence-electron chi connectivity index (χ3n) is 4.06. The van der Waals surface area contributed by atoms with Crippen molar-refractivity contribution in [1.82, 2.24) is 15.0 Å². The van der Waals surface area contributed by atoms with Gasteiger partial charge in [-0.1, -0.05) is 30.7 Å². The van der Waals surface area contributed by atoms with Crippen LogP contribution in [0.4, 0.5) is 11.8 Å². The molecular weight excluding hydrogens is 346 g/mol. The molecule has 0 aliphatic carbocycles. The fourth-order valence-corrected chi connectivity index (χ4v) is 2.51. The Balaban J connectivity index is 1.85. The van der Waals surface area contributed by atoms with Crippen LogP contribution in [0, 0.1) is 0 Å². The lowest BCUT2D eigenvalue weighted by atomic mass is 10.2. The molecule has 1 aromatic carbocycles. The van der Waals surface area contributed by atoms with Crippen LogP contribution in [0.2, 0.25) is 5.02 Å². The molecule has 2 aromatic heterocycles. The average molecular weight is 368 g/mol. The molecule has 26 heavy (non-hydrogen) atoms. The molecular formula is C20H22ClN5. The van der Waals surface area contributed by atoms with Gasteiger partial charge in [0, 0.05) is 41.6 Å². The van der Waals surface area contributed by atoms with Crippen LogP contribution in [0.15, 0.2) is 54.9 Å². The van der Waals surface area contributed by atoms with Crippen molar-refractivity contribution < 1.29 is 0 Å². The van der Waals surface area contributed by atoms with Crippen LogP contribution in [-0.4, -0.2) is 21.0 Å². The Kier molecular flexibility index (Phi) is 6.02. The molecule has 0 unspecified atom stereocenters. The highest BCUT2D eigenvalue weighted by molar-refractivity contribution is 6.30. The van der Waals surface area contributed by atoms with Gasteiger partial charge >= 0.3 is 0 Å². The summed E-state index contributed by atoms with van der Waals surface area (Å²) in [4.78, 5) is 13.4. The van der Waals surface area contributed by atoms with Crippen molar-refractivity contribution in [1.29, 1.82) is 0 Å². The number of nitrogens with one attached hydrogen (secondary N) is 2. The van der Waals surface area contributed by atoms with E-state index in [1.165, 1.54) is 0 Å². The van der Waals surface area contributed by atoms with Gasteiger partial charge < -0.3 is 10.6 Å². The second-order valence-corrected chi connectivity index (χ2v) is 6.57. The SMILES string of the molecule is CC[C@H](C)Nc1nc(NCc2ccc(Cl)cc2)cc(-c2cccnc2)n1. The molecule has 0 fully saturated rings. The van der Waals surface area contributed by atoms with Crippen molar-refractivity contribution in [3.05, 3.63) is 65.4 Å². The first-order valence-electron chi connectivity index (χ1n) is 8.68. The second-order valence-electron chi connectivity index (χ2n) is 6.14. The molecule has 0 radical (unpaired) electrons. The van der Waals surface area contributed by atoms with Crippen LogP contribution in [-0.2, 0) is 6.54 Å². The van der Waals surface area contributed by atoms with Gasteiger partial charge in [0.1, 0.15) is 5.82 Å². The highest BCUT2D eigenvalue weighted by Crippen LogP contribution is 2.22. The molecule has 0 aliphatic rings. The molecule has 0 amide bonds. The van der Waals surface area contributed by atoms with Crippen LogP contribution in [0.25, 0.3) is 11.3 Å². The number of benzene rings is 1. The maximum absolute atomic E-state index is 5.95. The van der Waals surface area contributed by atoms with E-state index in [0.717, 1.165) is 34.1 Å². The molecule has 0 saturated carbocycles. The van der Waals surface area contributed by atoms with Crippen LogP contribution in [0.5, 0.6) is 0 Å². The van der Waals surface area contributed by atoms with Crippen molar-refractivity contribution in [3.8, 4) is 11.3 Å². The minimum atomic E-state index is 0.295. The monoisotopic (exact) mass is 367 g/mol. The molecule has 1 atom stereocenters. The van der Waals surface area contributed by atoms with E-state index in [0.29, 0.717) is 18.5 Å². The standard InChI is InChI=1S/C20H22ClN5/c1-3-14(2)24-20-25-18(16-5-4-10-22-13-16)11-19(26-20)23-12-15-6-8-17(21)9-7-15/h4-11,13-14H,3,12H2,1-2H3,(H2,23,24,25,26)/t14-/m0/s1. The normalized spacial score (nSPS) is 11.8. The zero-order valence-corrected chi connectivity index (χ0v) is 15.7. The number of hydrogen-bond donors (Lipinski definition) is 2. The first-order valence-corrected chi connectivity index (χ1v) is 9.06. The minimum absolute atomic E-state index is 0.295. The topological polar surface area (TPSA) is 62.7 Å². The van der Waals surface area contributed by atoms with Gasteiger partial charge in [-0.2, -0.15) is 4.98 Å². The maximum atomic E-state index is 5.95. The van der Waals surface area contributed by atoms with Gasteiger partial charge in [0.2, 0.25) is 5.95 Å². The highest BCUT2D eigenvalue weighted by Gasteiger charge is 2.09. The molecule has 0 spiro atoms. The Morgan fingerprint density at radius 1 is 1.12 bits per heavy atom. The van der Waals surface area contributed by atoms with E-state index >= 15 is 0 Å². The lowest BCUT2D eigenvalue weighted by Gasteiger charge is -2.14. The summed E-state index contributed by atoms with van der Waals surface area (Å²) in [5, 5.41) is 7.45.